The Labute approximate surface area is 202 Å². The number of aromatic nitrogens is 1. The average molecular weight is 456 g/mol. The van der Waals surface area contributed by atoms with Gasteiger partial charge in [0, 0.05) is 37.3 Å². The summed E-state index contributed by atoms with van der Waals surface area (Å²) in [5.41, 5.74) is 3.67. The van der Waals surface area contributed by atoms with E-state index in [0.717, 1.165) is 30.4 Å². The van der Waals surface area contributed by atoms with Crippen molar-refractivity contribution < 1.29 is 9.59 Å². The van der Waals surface area contributed by atoms with Gasteiger partial charge in [-0.1, -0.05) is 80.6 Å². The van der Waals surface area contributed by atoms with Crippen LogP contribution in [-0.4, -0.2) is 40.8 Å². The maximum Gasteiger partial charge on any atom is 0.270 e. The van der Waals surface area contributed by atoms with Gasteiger partial charge in [0.15, 0.2) is 0 Å². The number of rotatable bonds is 8. The molecule has 2 aromatic carbocycles. The van der Waals surface area contributed by atoms with Gasteiger partial charge in [0.2, 0.25) is 5.91 Å². The van der Waals surface area contributed by atoms with Gasteiger partial charge in [0.05, 0.1) is 0 Å². The van der Waals surface area contributed by atoms with Crippen LogP contribution in [0.25, 0.3) is 11.1 Å². The van der Waals surface area contributed by atoms with Crippen LogP contribution < -0.4 is 5.32 Å². The number of nitrogens with zero attached hydrogens (tertiary/aromatic N) is 2. The minimum absolute atomic E-state index is 0.0421. The number of amides is 2. The molecule has 1 aliphatic heterocycles. The van der Waals surface area contributed by atoms with Gasteiger partial charge in [-0.15, -0.1) is 0 Å². The molecule has 1 fully saturated rings. The summed E-state index contributed by atoms with van der Waals surface area (Å²) in [5, 5.41) is 3.05. The van der Waals surface area contributed by atoms with Crippen LogP contribution in [0.15, 0.2) is 79.0 Å². The van der Waals surface area contributed by atoms with Crippen molar-refractivity contribution in [3.8, 4) is 11.1 Å². The summed E-state index contributed by atoms with van der Waals surface area (Å²) in [7, 11) is 0. The summed E-state index contributed by atoms with van der Waals surface area (Å²) in [6, 6.07) is 24.0. The van der Waals surface area contributed by atoms with Crippen LogP contribution >= 0.6 is 0 Å². The van der Waals surface area contributed by atoms with E-state index in [1.165, 1.54) is 5.56 Å². The quantitative estimate of drug-likeness (QED) is 0.512. The number of carbonyl (C=O) groups is 2. The summed E-state index contributed by atoms with van der Waals surface area (Å²) in [5.74, 6) is -0.0257. The Hall–Kier alpha value is -3.47. The van der Waals surface area contributed by atoms with Crippen LogP contribution in [0.3, 0.4) is 0 Å². The van der Waals surface area contributed by atoms with Crippen LogP contribution in [0.1, 0.15) is 49.2 Å². The molecule has 176 valence electrons. The summed E-state index contributed by atoms with van der Waals surface area (Å²) in [6.07, 6.45) is 4.94. The standard InChI is InChI=1S/C29H33N3O2/c1-29(2,17-15-22-9-5-3-6-10-22)19-27(33)32-18-16-25(21-32)31-28(34)26-14-13-24(20-30-26)23-11-7-4-8-12-23/h3-14,20,25H,15-19,21H2,1-2H3,(H,31,34)/t25-/m1/s1. The highest BCUT2D eigenvalue weighted by Gasteiger charge is 2.31. The summed E-state index contributed by atoms with van der Waals surface area (Å²) in [6.45, 7) is 5.56. The van der Waals surface area contributed by atoms with Gasteiger partial charge in [-0.2, -0.15) is 0 Å². The first kappa shape index (κ1) is 23.7. The molecule has 0 radical (unpaired) electrons. The Morgan fingerprint density at radius 3 is 2.35 bits per heavy atom. The predicted octanol–water partition coefficient (Wildman–Crippen LogP) is 5.13. The van der Waals surface area contributed by atoms with Crippen molar-refractivity contribution in [2.75, 3.05) is 13.1 Å². The maximum atomic E-state index is 12.9. The Bertz CT molecular complexity index is 1100. The molecule has 1 atom stereocenters. The molecule has 0 aliphatic carbocycles. The summed E-state index contributed by atoms with van der Waals surface area (Å²) >= 11 is 0. The molecule has 5 heteroatoms. The molecule has 5 nitrogen and oxygen atoms in total. The molecule has 1 aromatic heterocycles. The van der Waals surface area contributed by atoms with E-state index >= 15 is 0 Å². The van der Waals surface area contributed by atoms with Gasteiger partial charge < -0.3 is 10.2 Å². The van der Waals surface area contributed by atoms with Gasteiger partial charge in [0.25, 0.3) is 5.91 Å². The monoisotopic (exact) mass is 455 g/mol. The van der Waals surface area contributed by atoms with Crippen molar-refractivity contribution in [1.29, 1.82) is 0 Å². The lowest BCUT2D eigenvalue weighted by Gasteiger charge is -2.27. The molecule has 34 heavy (non-hydrogen) atoms. The molecule has 0 saturated carbocycles. The average Bonchev–Trinajstić information content (AvgIpc) is 3.33. The predicted molar refractivity (Wildman–Crippen MR) is 135 cm³/mol. The number of benzene rings is 2. The topological polar surface area (TPSA) is 62.3 Å². The fraction of sp³-hybridized carbons (Fsp3) is 0.345. The molecule has 0 spiro atoms. The Kier molecular flexibility index (Phi) is 7.41. The molecule has 2 heterocycles. The van der Waals surface area contributed by atoms with Crippen LogP contribution in [-0.2, 0) is 11.2 Å². The first-order valence-electron chi connectivity index (χ1n) is 12.0. The van der Waals surface area contributed by atoms with Gasteiger partial charge in [-0.25, -0.2) is 0 Å². The fourth-order valence-corrected chi connectivity index (χ4v) is 4.43. The molecule has 1 N–H and O–H groups in total. The van der Waals surface area contributed by atoms with Crippen LogP contribution in [0, 0.1) is 5.41 Å². The Morgan fingerprint density at radius 2 is 1.68 bits per heavy atom. The third-order valence-electron chi connectivity index (χ3n) is 6.54. The number of aryl methyl sites for hydroxylation is 1. The number of likely N-dealkylation sites (tertiary alicyclic amines) is 1. The number of pyridine rings is 1. The van der Waals surface area contributed by atoms with Gasteiger partial charge in [-0.3, -0.25) is 14.6 Å². The highest BCUT2D eigenvalue weighted by molar-refractivity contribution is 5.93. The molecular weight excluding hydrogens is 422 g/mol. The lowest BCUT2D eigenvalue weighted by molar-refractivity contribution is -0.132. The molecule has 3 aromatic rings. The molecule has 1 aliphatic rings. The smallest absolute Gasteiger partial charge is 0.270 e. The second kappa shape index (κ2) is 10.6. The third-order valence-corrected chi connectivity index (χ3v) is 6.54. The molecule has 1 saturated heterocycles. The summed E-state index contributed by atoms with van der Waals surface area (Å²) < 4.78 is 0. The number of hydrogen-bond donors (Lipinski definition) is 1. The zero-order valence-electron chi connectivity index (χ0n) is 20.0. The van der Waals surface area contributed by atoms with Gasteiger partial charge in [-0.05, 0) is 41.9 Å². The van der Waals surface area contributed by atoms with E-state index in [-0.39, 0.29) is 23.3 Å². The lowest BCUT2D eigenvalue weighted by Crippen LogP contribution is -2.39. The number of hydrogen-bond acceptors (Lipinski definition) is 3. The van der Waals surface area contributed by atoms with Crippen molar-refractivity contribution in [2.24, 2.45) is 5.41 Å². The minimum atomic E-state index is -0.192. The second-order valence-electron chi connectivity index (χ2n) is 9.92. The third kappa shape index (κ3) is 6.31. The normalized spacial score (nSPS) is 15.8. The molecule has 4 rings (SSSR count). The number of carbonyl (C=O) groups excluding carboxylic acids is 2. The Balaban J connectivity index is 1.26. The van der Waals surface area contributed by atoms with E-state index in [1.54, 1.807) is 12.3 Å². The van der Waals surface area contributed by atoms with Crippen molar-refractivity contribution in [2.45, 2.75) is 45.6 Å². The highest BCUT2D eigenvalue weighted by atomic mass is 16.2. The van der Waals surface area contributed by atoms with E-state index in [0.29, 0.717) is 25.2 Å². The minimum Gasteiger partial charge on any atom is -0.346 e. The highest BCUT2D eigenvalue weighted by Crippen LogP contribution is 2.29. The van der Waals surface area contributed by atoms with Crippen LogP contribution in [0.4, 0.5) is 0 Å². The molecule has 0 bridgehead atoms. The van der Waals surface area contributed by atoms with Gasteiger partial charge in [0.1, 0.15) is 5.69 Å². The van der Waals surface area contributed by atoms with E-state index in [9.17, 15) is 9.59 Å². The van der Waals surface area contributed by atoms with E-state index < -0.39 is 0 Å². The van der Waals surface area contributed by atoms with E-state index in [4.69, 9.17) is 0 Å². The first-order chi connectivity index (χ1) is 16.4. The molecule has 0 unspecified atom stereocenters. The largest absolute Gasteiger partial charge is 0.346 e. The van der Waals surface area contributed by atoms with Crippen LogP contribution in [0.5, 0.6) is 0 Å². The van der Waals surface area contributed by atoms with Crippen molar-refractivity contribution in [3.63, 3.8) is 0 Å². The van der Waals surface area contributed by atoms with Crippen molar-refractivity contribution in [1.82, 2.24) is 15.2 Å². The lowest BCUT2D eigenvalue weighted by atomic mass is 9.82. The fourth-order valence-electron chi connectivity index (χ4n) is 4.43. The zero-order chi connectivity index (χ0) is 24.0. The SMILES string of the molecule is CC(C)(CCc1ccccc1)CC(=O)N1CC[C@@H](NC(=O)c2ccc(-c3ccccc3)cn2)C1. The first-order valence-corrected chi connectivity index (χ1v) is 12.0. The van der Waals surface area contributed by atoms with Gasteiger partial charge >= 0.3 is 0 Å². The number of nitrogens with one attached hydrogen (secondary N) is 1. The second-order valence-corrected chi connectivity index (χ2v) is 9.92. The Morgan fingerprint density at radius 1 is 0.971 bits per heavy atom. The summed E-state index contributed by atoms with van der Waals surface area (Å²) in [4.78, 5) is 31.9. The maximum absolute atomic E-state index is 12.9. The molecule has 2 amide bonds. The molecular formula is C29H33N3O2. The van der Waals surface area contributed by atoms with Crippen molar-refractivity contribution in [3.05, 3.63) is 90.3 Å². The van der Waals surface area contributed by atoms with Crippen LogP contribution in [0.2, 0.25) is 0 Å². The van der Waals surface area contributed by atoms with E-state index in [2.05, 4.69) is 48.4 Å². The zero-order valence-corrected chi connectivity index (χ0v) is 20.0. The van der Waals surface area contributed by atoms with E-state index in [1.807, 2.05) is 47.4 Å². The van der Waals surface area contributed by atoms with Crippen molar-refractivity contribution >= 4 is 11.8 Å².